The Bertz CT molecular complexity index is 246. The second-order valence-electron chi connectivity index (χ2n) is 2.48. The van der Waals surface area contributed by atoms with Crippen molar-refractivity contribution < 1.29 is 49.5 Å². The van der Waals surface area contributed by atoms with Crippen molar-refractivity contribution in [3.05, 3.63) is 51.6 Å². The first-order chi connectivity index (χ1) is 5.89. The molecule has 1 aliphatic carbocycles. The Morgan fingerprint density at radius 3 is 1.86 bits per heavy atom. The van der Waals surface area contributed by atoms with Crippen molar-refractivity contribution in [1.29, 1.82) is 0 Å². The third kappa shape index (κ3) is 8.93. The van der Waals surface area contributed by atoms with E-state index in [-0.39, 0.29) is 24.8 Å². The molecule has 71 valence electrons. The van der Waals surface area contributed by atoms with Gasteiger partial charge in [0.15, 0.2) is 0 Å². The number of halogens is 2. The van der Waals surface area contributed by atoms with Crippen LogP contribution in [0, 0.1) is 0 Å². The van der Waals surface area contributed by atoms with Crippen LogP contribution in [-0.4, -0.2) is 6.91 Å². The zero-order valence-electron chi connectivity index (χ0n) is 7.66. The predicted molar refractivity (Wildman–Crippen MR) is 49.6 cm³/mol. The van der Waals surface area contributed by atoms with Crippen LogP contribution in [0.2, 0.25) is 0 Å². The van der Waals surface area contributed by atoms with Crippen LogP contribution in [-0.2, 0) is 24.7 Å². The molecule has 0 unspecified atom stereocenters. The molecule has 0 aliphatic heterocycles. The van der Waals surface area contributed by atoms with Crippen LogP contribution in [0.15, 0.2) is 51.6 Å². The van der Waals surface area contributed by atoms with E-state index < -0.39 is 0 Å². The van der Waals surface area contributed by atoms with Gasteiger partial charge in [-0.25, -0.2) is 0 Å². The Hall–Kier alpha value is 0.358. The first kappa shape index (κ1) is 16.8. The van der Waals surface area contributed by atoms with Gasteiger partial charge < -0.3 is 24.8 Å². The maximum absolute atomic E-state index is 2.18. The van der Waals surface area contributed by atoms with Crippen molar-refractivity contribution >= 4 is 6.91 Å². The fourth-order valence-corrected chi connectivity index (χ4v) is 1.36. The summed E-state index contributed by atoms with van der Waals surface area (Å²) in [7, 11) is 0. The number of hydrogen-bond donors (Lipinski definition) is 0. The average molecular weight is 303 g/mol. The molecule has 4 heteroatoms. The molecule has 1 heterocycles. The van der Waals surface area contributed by atoms with Gasteiger partial charge >= 0.3 is 89.7 Å². The van der Waals surface area contributed by atoms with Gasteiger partial charge in [0.2, 0.25) is 0 Å². The van der Waals surface area contributed by atoms with Gasteiger partial charge in [-0.2, -0.15) is 0 Å². The normalized spacial score (nSPS) is 11.1. The number of rotatable bonds is 0. The second-order valence-corrected chi connectivity index (χ2v) is 4.06. The molecule has 0 fully saturated rings. The van der Waals surface area contributed by atoms with Gasteiger partial charge in [-0.05, 0) is 0 Å². The number of allylic oxidation sites excluding steroid dienone is 4. The molecule has 0 saturated carbocycles. The summed E-state index contributed by atoms with van der Waals surface area (Å²) in [5.74, 6) is 4.00. The Labute approximate surface area is 114 Å². The van der Waals surface area contributed by atoms with Crippen LogP contribution in [0.3, 0.4) is 0 Å². The monoisotopic (exact) mass is 301 g/mol. The van der Waals surface area contributed by atoms with E-state index in [1.807, 2.05) is 37.0 Å². The molecular formula is C10H10BCl2Zr. The van der Waals surface area contributed by atoms with Crippen LogP contribution in [0.4, 0.5) is 0 Å². The quantitative estimate of drug-likeness (QED) is 0.465. The van der Waals surface area contributed by atoms with Crippen LogP contribution < -0.4 is 24.8 Å². The van der Waals surface area contributed by atoms with Crippen LogP contribution in [0.1, 0.15) is 6.42 Å². The van der Waals surface area contributed by atoms with Crippen molar-refractivity contribution in [1.82, 2.24) is 0 Å². The number of hydrogen-bond acceptors (Lipinski definition) is 0. The van der Waals surface area contributed by atoms with Crippen LogP contribution >= 0.6 is 0 Å². The van der Waals surface area contributed by atoms with Gasteiger partial charge in [-0.1, -0.05) is 0 Å². The first-order valence-corrected chi connectivity index (χ1v) is 5.20. The summed E-state index contributed by atoms with van der Waals surface area (Å²) < 4.78 is 1.56. The summed E-state index contributed by atoms with van der Waals surface area (Å²) in [4.78, 5) is 0. The fourth-order valence-electron chi connectivity index (χ4n) is 0.832. The summed E-state index contributed by atoms with van der Waals surface area (Å²) in [6.45, 7) is 2.00. The van der Waals surface area contributed by atoms with Crippen molar-refractivity contribution in [3.8, 4) is 0 Å². The van der Waals surface area contributed by atoms with Gasteiger partial charge in [-0.15, -0.1) is 0 Å². The molecule has 0 N–H and O–H groups in total. The van der Waals surface area contributed by atoms with Crippen molar-refractivity contribution in [2.24, 2.45) is 0 Å². The summed E-state index contributed by atoms with van der Waals surface area (Å²) in [5.41, 5.74) is 0. The zero-order chi connectivity index (χ0) is 8.65. The molecule has 2 rings (SSSR count). The Kier molecular flexibility index (Phi) is 13.7. The van der Waals surface area contributed by atoms with Crippen molar-refractivity contribution in [2.75, 3.05) is 0 Å². The summed E-state index contributed by atoms with van der Waals surface area (Å²) in [6, 6.07) is 6.00. The molecule has 0 aromatic carbocycles. The molecule has 1 aromatic heterocycles. The van der Waals surface area contributed by atoms with E-state index in [9.17, 15) is 0 Å². The molecular weight excluding hydrogens is 293 g/mol. The first-order valence-electron chi connectivity index (χ1n) is 3.97. The minimum absolute atomic E-state index is 0. The summed E-state index contributed by atoms with van der Waals surface area (Å²) >= 11 is 1.56. The van der Waals surface area contributed by atoms with E-state index >= 15 is 0 Å². The summed E-state index contributed by atoms with van der Waals surface area (Å²) in [6.07, 6.45) is 7.69. The summed E-state index contributed by atoms with van der Waals surface area (Å²) in [5, 5.41) is 0. The van der Waals surface area contributed by atoms with E-state index in [2.05, 4.69) is 18.2 Å². The van der Waals surface area contributed by atoms with Crippen molar-refractivity contribution in [3.63, 3.8) is 0 Å². The third-order valence-corrected chi connectivity index (χ3v) is 2.35. The van der Waals surface area contributed by atoms with E-state index in [1.54, 1.807) is 28.0 Å². The van der Waals surface area contributed by atoms with E-state index in [0.717, 1.165) is 0 Å². The molecule has 0 bridgehead atoms. The Balaban J connectivity index is 0. The molecule has 14 heavy (non-hydrogen) atoms. The Morgan fingerprint density at radius 1 is 1.07 bits per heavy atom. The molecule has 0 amide bonds. The molecule has 0 atom stereocenters. The molecule has 0 spiro atoms. The van der Waals surface area contributed by atoms with Gasteiger partial charge in [0, 0.05) is 0 Å². The van der Waals surface area contributed by atoms with Crippen LogP contribution in [0.5, 0.6) is 0 Å². The SMILES string of the molecule is [Cl-].[Cl-].[Zr+2][C]1=CC=CC1.b1ccccc1. The zero-order valence-corrected chi connectivity index (χ0v) is 11.6. The molecule has 0 radical (unpaired) electrons. The minimum atomic E-state index is 0. The fraction of sp³-hybridized carbons (Fsp3) is 0.100. The van der Waals surface area contributed by atoms with Crippen molar-refractivity contribution in [2.45, 2.75) is 6.42 Å². The standard InChI is InChI=1S/C5H5B.C5H5.2ClH.Zr/c1-2-4-6-5-3-1;1-2-4-5-3-1;;;/h1-5H;1-3H,4H2;2*1H;/q;;;;+2/p-2. The van der Waals surface area contributed by atoms with Gasteiger partial charge in [-0.3, -0.25) is 0 Å². The molecule has 0 saturated heterocycles. The van der Waals surface area contributed by atoms with E-state index in [1.165, 1.54) is 6.42 Å². The third-order valence-electron chi connectivity index (χ3n) is 1.44. The van der Waals surface area contributed by atoms with Gasteiger partial charge in [0.25, 0.3) is 0 Å². The molecule has 1 aromatic rings. The Morgan fingerprint density at radius 2 is 1.71 bits per heavy atom. The average Bonchev–Trinajstić information content (AvgIpc) is 2.60. The van der Waals surface area contributed by atoms with Gasteiger partial charge in [0.1, 0.15) is 0 Å². The second kappa shape index (κ2) is 11.4. The van der Waals surface area contributed by atoms with E-state index in [4.69, 9.17) is 0 Å². The van der Waals surface area contributed by atoms with E-state index in [0.29, 0.717) is 0 Å². The molecule has 0 nitrogen and oxygen atoms in total. The predicted octanol–water partition coefficient (Wildman–Crippen LogP) is -3.59. The van der Waals surface area contributed by atoms with Gasteiger partial charge in [0.05, 0.1) is 0 Å². The van der Waals surface area contributed by atoms with Crippen LogP contribution in [0.25, 0.3) is 0 Å². The topological polar surface area (TPSA) is 0 Å². The molecule has 1 aliphatic rings. The maximum atomic E-state index is 2.18.